The number of hydrogen-bond acceptors (Lipinski definition) is 6. The zero-order chi connectivity index (χ0) is 21.5. The van der Waals surface area contributed by atoms with Crippen LogP contribution in [0, 0.1) is 0 Å². The maximum atomic E-state index is 13.1. The van der Waals surface area contributed by atoms with Crippen LogP contribution in [0.4, 0.5) is 5.69 Å². The Labute approximate surface area is 175 Å². The topological polar surface area (TPSA) is 102 Å². The van der Waals surface area contributed by atoms with E-state index in [0.29, 0.717) is 17.5 Å². The highest BCUT2D eigenvalue weighted by molar-refractivity contribution is 7.87. The molecule has 0 aromatic heterocycles. The predicted octanol–water partition coefficient (Wildman–Crippen LogP) is 2.35. The van der Waals surface area contributed by atoms with Gasteiger partial charge < -0.3 is 20.1 Å². The van der Waals surface area contributed by atoms with E-state index in [2.05, 4.69) is 5.32 Å². The molecule has 1 amide bonds. The second-order valence-electron chi connectivity index (χ2n) is 7.46. The van der Waals surface area contributed by atoms with Crippen LogP contribution in [0.25, 0.3) is 10.8 Å². The summed E-state index contributed by atoms with van der Waals surface area (Å²) >= 11 is 0. The van der Waals surface area contributed by atoms with Crippen LogP contribution >= 0.6 is 0 Å². The van der Waals surface area contributed by atoms with E-state index in [9.17, 15) is 13.2 Å². The number of nitrogens with zero attached hydrogens (tertiary/aromatic N) is 1. The first-order valence-electron chi connectivity index (χ1n) is 9.57. The summed E-state index contributed by atoms with van der Waals surface area (Å²) in [6.45, 7) is 0.628. The van der Waals surface area contributed by atoms with E-state index in [1.54, 1.807) is 30.3 Å². The molecule has 3 N–H and O–H groups in total. The van der Waals surface area contributed by atoms with Crippen LogP contribution in [0.1, 0.15) is 17.2 Å². The van der Waals surface area contributed by atoms with Gasteiger partial charge in [0, 0.05) is 37.1 Å². The largest absolute Gasteiger partial charge is 0.379 e. The normalized spacial score (nSPS) is 16.1. The number of rotatable bonds is 5. The minimum Gasteiger partial charge on any atom is -0.379 e. The van der Waals surface area contributed by atoms with Crippen molar-refractivity contribution in [3.8, 4) is 5.75 Å². The van der Waals surface area contributed by atoms with Gasteiger partial charge in [0.05, 0.1) is 0 Å². The van der Waals surface area contributed by atoms with Crippen molar-refractivity contribution in [2.24, 2.45) is 5.73 Å². The minimum atomic E-state index is -4.10. The molecule has 30 heavy (non-hydrogen) atoms. The lowest BCUT2D eigenvalue weighted by Gasteiger charge is -2.25. The summed E-state index contributed by atoms with van der Waals surface area (Å²) in [5.41, 5.74) is 7.99. The predicted molar refractivity (Wildman–Crippen MR) is 116 cm³/mol. The SMILES string of the molecule is CN(C)c1cccc2c(S(=O)(=O)Oc3ccc4c(c3)C(C(N)=O)NCC4)cccc12. The van der Waals surface area contributed by atoms with Gasteiger partial charge in [-0.25, -0.2) is 0 Å². The molecule has 1 heterocycles. The molecule has 1 aliphatic heterocycles. The van der Waals surface area contributed by atoms with Crippen LogP contribution in [0.2, 0.25) is 0 Å². The van der Waals surface area contributed by atoms with E-state index in [1.807, 2.05) is 37.2 Å². The van der Waals surface area contributed by atoms with Gasteiger partial charge in [0.15, 0.2) is 0 Å². The summed E-state index contributed by atoms with van der Waals surface area (Å²) in [5.74, 6) is -0.370. The molecule has 3 aromatic carbocycles. The summed E-state index contributed by atoms with van der Waals surface area (Å²) in [6, 6.07) is 14.9. The number of nitrogens with one attached hydrogen (secondary N) is 1. The van der Waals surface area contributed by atoms with Crippen LogP contribution in [0.5, 0.6) is 5.75 Å². The van der Waals surface area contributed by atoms with Crippen LogP contribution in [0.15, 0.2) is 59.5 Å². The maximum Gasteiger partial charge on any atom is 0.339 e. The Hall–Kier alpha value is -3.10. The molecule has 0 bridgehead atoms. The van der Waals surface area contributed by atoms with Crippen LogP contribution in [0.3, 0.4) is 0 Å². The van der Waals surface area contributed by atoms with Crippen molar-refractivity contribution in [3.05, 3.63) is 65.7 Å². The number of carbonyl (C=O) groups is 1. The first kappa shape index (κ1) is 20.2. The average Bonchev–Trinajstić information content (AvgIpc) is 2.71. The van der Waals surface area contributed by atoms with E-state index in [4.69, 9.17) is 9.92 Å². The summed E-state index contributed by atoms with van der Waals surface area (Å²) in [7, 11) is -0.291. The van der Waals surface area contributed by atoms with Crippen molar-refractivity contribution < 1.29 is 17.4 Å². The fourth-order valence-electron chi connectivity index (χ4n) is 3.88. The number of nitrogens with two attached hydrogens (primary N) is 1. The highest BCUT2D eigenvalue weighted by Gasteiger charge is 2.26. The third-order valence-electron chi connectivity index (χ3n) is 5.27. The quantitative estimate of drug-likeness (QED) is 0.609. The van der Waals surface area contributed by atoms with E-state index < -0.39 is 22.1 Å². The summed E-state index contributed by atoms with van der Waals surface area (Å²) in [5, 5.41) is 4.45. The summed E-state index contributed by atoms with van der Waals surface area (Å²) < 4.78 is 31.7. The molecule has 8 heteroatoms. The number of primary amides is 1. The molecule has 7 nitrogen and oxygen atoms in total. The molecule has 0 saturated heterocycles. The van der Waals surface area contributed by atoms with Gasteiger partial charge in [-0.3, -0.25) is 4.79 Å². The van der Waals surface area contributed by atoms with Gasteiger partial charge in [0.2, 0.25) is 5.91 Å². The van der Waals surface area contributed by atoms with Gasteiger partial charge in [-0.05, 0) is 41.8 Å². The monoisotopic (exact) mass is 425 g/mol. The number of carbonyl (C=O) groups excluding carboxylic acids is 1. The standard InChI is InChI=1S/C22H23N3O4S/c1-25(2)19-7-3-6-17-16(19)5-4-8-20(17)30(27,28)29-15-10-9-14-11-12-24-21(22(23)26)18(14)13-15/h3-10,13,21,24H,11-12H2,1-2H3,(H2,23,26). The lowest BCUT2D eigenvalue weighted by Crippen LogP contribution is -2.38. The Morgan fingerprint density at radius 3 is 2.57 bits per heavy atom. The molecular formula is C22H23N3O4S. The first-order valence-corrected chi connectivity index (χ1v) is 11.0. The Balaban J connectivity index is 1.75. The van der Waals surface area contributed by atoms with Crippen molar-refractivity contribution >= 4 is 32.5 Å². The molecule has 0 fully saturated rings. The van der Waals surface area contributed by atoms with E-state index >= 15 is 0 Å². The number of benzene rings is 3. The Morgan fingerprint density at radius 2 is 1.83 bits per heavy atom. The smallest absolute Gasteiger partial charge is 0.339 e. The fraction of sp³-hybridized carbons (Fsp3) is 0.227. The zero-order valence-corrected chi connectivity index (χ0v) is 17.6. The molecule has 0 spiro atoms. The van der Waals surface area contributed by atoms with Crippen molar-refractivity contribution in [2.75, 3.05) is 25.5 Å². The molecule has 1 aliphatic rings. The molecule has 1 unspecified atom stereocenters. The third kappa shape index (κ3) is 3.59. The van der Waals surface area contributed by atoms with E-state index in [1.165, 1.54) is 6.07 Å². The van der Waals surface area contributed by atoms with Gasteiger partial charge >= 0.3 is 10.1 Å². The van der Waals surface area contributed by atoms with Gasteiger partial charge in [0.25, 0.3) is 0 Å². The van der Waals surface area contributed by atoms with Crippen LogP contribution in [-0.2, 0) is 21.3 Å². The molecule has 3 aromatic rings. The molecule has 0 aliphatic carbocycles. The third-order valence-corrected chi connectivity index (χ3v) is 6.58. The lowest BCUT2D eigenvalue weighted by molar-refractivity contribution is -0.120. The highest BCUT2D eigenvalue weighted by Crippen LogP contribution is 2.33. The summed E-state index contributed by atoms with van der Waals surface area (Å²) in [4.78, 5) is 13.8. The number of amides is 1. The van der Waals surface area contributed by atoms with Gasteiger partial charge in [-0.15, -0.1) is 0 Å². The lowest BCUT2D eigenvalue weighted by atomic mass is 9.94. The van der Waals surface area contributed by atoms with Crippen molar-refractivity contribution in [1.82, 2.24) is 5.32 Å². The average molecular weight is 426 g/mol. The van der Waals surface area contributed by atoms with Gasteiger partial charge in [-0.2, -0.15) is 8.42 Å². The second kappa shape index (κ2) is 7.62. The second-order valence-corrected chi connectivity index (χ2v) is 8.98. The molecule has 4 rings (SSSR count). The van der Waals surface area contributed by atoms with Crippen molar-refractivity contribution in [1.29, 1.82) is 0 Å². The number of hydrogen-bond donors (Lipinski definition) is 2. The van der Waals surface area contributed by atoms with Crippen molar-refractivity contribution in [3.63, 3.8) is 0 Å². The summed E-state index contributed by atoms with van der Waals surface area (Å²) in [6.07, 6.45) is 0.725. The Kier molecular flexibility index (Phi) is 5.13. The van der Waals surface area contributed by atoms with Gasteiger partial charge in [0.1, 0.15) is 16.7 Å². The van der Waals surface area contributed by atoms with Gasteiger partial charge in [-0.1, -0.05) is 30.3 Å². The minimum absolute atomic E-state index is 0.0889. The van der Waals surface area contributed by atoms with Crippen LogP contribution in [-0.4, -0.2) is 35.0 Å². The van der Waals surface area contributed by atoms with Crippen molar-refractivity contribution in [2.45, 2.75) is 17.4 Å². The van der Waals surface area contributed by atoms with E-state index in [0.717, 1.165) is 23.1 Å². The highest BCUT2D eigenvalue weighted by atomic mass is 32.2. The van der Waals surface area contributed by atoms with E-state index in [-0.39, 0.29) is 10.6 Å². The molecule has 156 valence electrons. The Bertz CT molecular complexity index is 1240. The van der Waals surface area contributed by atoms with Crippen LogP contribution < -0.4 is 20.1 Å². The Morgan fingerprint density at radius 1 is 1.10 bits per heavy atom. The molecule has 0 radical (unpaired) electrons. The molecule has 1 atom stereocenters. The fourth-order valence-corrected chi connectivity index (χ4v) is 5.02. The first-order chi connectivity index (χ1) is 14.3. The molecule has 0 saturated carbocycles. The number of fused-ring (bicyclic) bond motifs is 2. The maximum absolute atomic E-state index is 13.1. The zero-order valence-electron chi connectivity index (χ0n) is 16.8. The molecular weight excluding hydrogens is 402 g/mol. The number of anilines is 1.